The van der Waals surface area contributed by atoms with Crippen molar-refractivity contribution in [3.8, 4) is 22.3 Å². The summed E-state index contributed by atoms with van der Waals surface area (Å²) in [5.41, 5.74) is 4.88. The van der Waals surface area contributed by atoms with E-state index in [1.54, 1.807) is 23.3 Å². The minimum absolute atomic E-state index is 0. The van der Waals surface area contributed by atoms with Crippen molar-refractivity contribution in [2.24, 2.45) is 0 Å². The maximum atomic E-state index is 3.14. The third-order valence-electron chi connectivity index (χ3n) is 3.15. The minimum atomic E-state index is 0. The molecule has 0 nitrogen and oxygen atoms in total. The molecule has 4 heteroatoms. The smallest absolute Gasteiger partial charge is 0.0723 e. The molecule has 138 valence electrons. The number of rotatable bonds is 0. The van der Waals surface area contributed by atoms with Gasteiger partial charge in [0.05, 0.1) is 0 Å². The molecule has 0 radical (unpaired) electrons. The zero-order valence-corrected chi connectivity index (χ0v) is 20.6. The van der Waals surface area contributed by atoms with E-state index in [1.807, 2.05) is 55.4 Å². The average molecular weight is 479 g/mol. The van der Waals surface area contributed by atoms with E-state index >= 15 is 0 Å². The van der Waals surface area contributed by atoms with Crippen LogP contribution in [0, 0.1) is 27.0 Å². The van der Waals surface area contributed by atoms with E-state index in [9.17, 15) is 0 Å². The zero-order chi connectivity index (χ0) is 15.6. The fourth-order valence-corrected chi connectivity index (χ4v) is 2.12. The van der Waals surface area contributed by atoms with Crippen molar-refractivity contribution in [3.05, 3.63) is 112 Å². The number of halogens is 2. The van der Waals surface area contributed by atoms with Gasteiger partial charge >= 0.3 is 30.2 Å². The molecule has 0 aromatic heterocycles. The van der Waals surface area contributed by atoms with Crippen molar-refractivity contribution in [3.63, 3.8) is 0 Å². The summed E-state index contributed by atoms with van der Waals surface area (Å²) in [5.74, 6) is 0. The summed E-state index contributed by atoms with van der Waals surface area (Å²) >= 11 is 1.58. The van der Waals surface area contributed by atoms with Crippen molar-refractivity contribution in [2.45, 2.75) is 0 Å². The van der Waals surface area contributed by atoms with Crippen LogP contribution < -0.4 is 0 Å². The summed E-state index contributed by atoms with van der Waals surface area (Å²) < 4.78 is 0. The van der Waals surface area contributed by atoms with E-state index < -0.39 is 0 Å². The van der Waals surface area contributed by atoms with Crippen LogP contribution in [0.3, 0.4) is 0 Å². The first-order chi connectivity index (χ1) is 10.9. The normalized spacial score (nSPS) is 7.81. The van der Waals surface area contributed by atoms with Gasteiger partial charge in [0.2, 0.25) is 0 Å². The Balaban J connectivity index is -0.000000326. The third kappa shape index (κ3) is 9.14. The number of fused-ring (bicyclic) bond motifs is 2. The van der Waals surface area contributed by atoms with Gasteiger partial charge in [-0.15, -0.1) is 84.5 Å². The number of hydrogen-bond acceptors (Lipinski definition) is 0. The van der Waals surface area contributed by atoms with Gasteiger partial charge in [-0.25, -0.2) is 0 Å². The Morgan fingerprint density at radius 3 is 1.27 bits per heavy atom. The second-order valence-electron chi connectivity index (χ2n) is 4.51. The minimum Gasteiger partial charge on any atom is -0.168 e. The molecule has 4 aliphatic rings. The molecule has 0 saturated carbocycles. The molecule has 0 fully saturated rings. The quantitative estimate of drug-likeness (QED) is 0.215. The monoisotopic (exact) mass is 476 g/mol. The van der Waals surface area contributed by atoms with Gasteiger partial charge in [0.15, 0.2) is 0 Å². The van der Waals surface area contributed by atoms with E-state index in [0.717, 1.165) is 0 Å². The first-order valence-corrected chi connectivity index (χ1v) is 12.9. The van der Waals surface area contributed by atoms with Gasteiger partial charge in [-0.2, -0.15) is 35.4 Å². The average Bonchev–Trinajstić information content (AvgIpc) is 3.07. The van der Waals surface area contributed by atoms with Crippen molar-refractivity contribution in [1.82, 2.24) is 0 Å². The standard InChI is InChI=1S/2C10H7.2CH3.2ClH.H2Si.Zr/c2*1-2-5-9-7-4-8-10(9)6-3-1;;;;;;/h2*1-7H;2*1H3;2*1H;1H2;/q4*-1;;;;. The largest absolute Gasteiger partial charge is 0.168 e. The molecule has 26 heavy (non-hydrogen) atoms. The van der Waals surface area contributed by atoms with Gasteiger partial charge in [-0.3, -0.25) is 0 Å². The van der Waals surface area contributed by atoms with Crippen molar-refractivity contribution in [1.29, 1.82) is 0 Å². The van der Waals surface area contributed by atoms with Crippen LogP contribution in [0.15, 0.2) is 84.9 Å². The van der Waals surface area contributed by atoms with E-state index in [2.05, 4.69) is 48.5 Å². The number of hydrogen-bond donors (Lipinski definition) is 0. The first kappa shape index (κ1) is 29.8. The van der Waals surface area contributed by atoms with Crippen LogP contribution in [0.4, 0.5) is 0 Å². The Bertz CT molecular complexity index is 643. The van der Waals surface area contributed by atoms with E-state index in [-0.39, 0.29) is 39.7 Å². The van der Waals surface area contributed by atoms with Gasteiger partial charge < -0.3 is 14.9 Å². The maximum absolute atomic E-state index is 3.14. The summed E-state index contributed by atoms with van der Waals surface area (Å²) in [6.07, 6.45) is 0. The topological polar surface area (TPSA) is 0 Å². The van der Waals surface area contributed by atoms with Crippen LogP contribution in [-0.4, -0.2) is 6.88 Å². The van der Waals surface area contributed by atoms with Crippen LogP contribution >= 0.6 is 24.8 Å². The van der Waals surface area contributed by atoms with E-state index in [0.29, 0.717) is 0 Å². The van der Waals surface area contributed by atoms with Crippen molar-refractivity contribution >= 4 is 31.7 Å². The Labute approximate surface area is 188 Å². The molecule has 0 spiro atoms. The van der Waals surface area contributed by atoms with Crippen molar-refractivity contribution < 1.29 is 23.3 Å². The van der Waals surface area contributed by atoms with Gasteiger partial charge in [-0.1, -0.05) is 24.3 Å². The molecular formula is C22H24Cl2SiZr-4. The van der Waals surface area contributed by atoms with Crippen molar-refractivity contribution in [2.75, 3.05) is 0 Å². The fourth-order valence-electron chi connectivity index (χ4n) is 2.12. The van der Waals surface area contributed by atoms with Crippen LogP contribution in [0.5, 0.6) is 0 Å². The summed E-state index contributed by atoms with van der Waals surface area (Å²) in [5, 5.41) is 0. The third-order valence-corrected chi connectivity index (χ3v) is 3.15. The molecule has 0 aromatic rings. The molecule has 0 amide bonds. The van der Waals surface area contributed by atoms with Gasteiger partial charge in [0.25, 0.3) is 0 Å². The Morgan fingerprint density at radius 1 is 0.538 bits per heavy atom. The molecule has 4 rings (SSSR count). The van der Waals surface area contributed by atoms with Crippen LogP contribution in [0.1, 0.15) is 0 Å². The summed E-state index contributed by atoms with van der Waals surface area (Å²) in [6.45, 7) is 1.95. The van der Waals surface area contributed by atoms with E-state index in [4.69, 9.17) is 0 Å². The first-order valence-electron chi connectivity index (χ1n) is 7.00. The fraction of sp³-hybridized carbons (Fsp3) is 0. The predicted molar refractivity (Wildman–Crippen MR) is 120 cm³/mol. The molecule has 0 N–H and O–H groups in total. The summed E-state index contributed by atoms with van der Waals surface area (Å²) in [6, 6.07) is 34.8. The Kier molecular flexibility index (Phi) is 20.1. The van der Waals surface area contributed by atoms with E-state index in [1.165, 1.54) is 22.3 Å². The Hall–Kier alpha value is -0.920. The van der Waals surface area contributed by atoms with Crippen LogP contribution in [0.25, 0.3) is 22.3 Å². The van der Waals surface area contributed by atoms with Crippen LogP contribution in [-0.2, 0) is 23.3 Å². The second-order valence-corrected chi connectivity index (χ2v) is 4.51. The maximum Gasteiger partial charge on any atom is -0.0723 e. The molecule has 4 aliphatic carbocycles. The predicted octanol–water partition coefficient (Wildman–Crippen LogP) is 6.01. The van der Waals surface area contributed by atoms with Crippen LogP contribution in [0.2, 0.25) is 0 Å². The van der Waals surface area contributed by atoms with Gasteiger partial charge in [0, 0.05) is 0 Å². The molecule has 0 aliphatic heterocycles. The van der Waals surface area contributed by atoms with Gasteiger partial charge in [0.1, 0.15) is 0 Å². The molecule has 0 saturated heterocycles. The SMILES string of the molecule is Cl.Cl.[CH3-].[CH3-].[SiH2]=[Zr].[c-]1ccc2cccccc1-2.[c-]1ccc2cccccc1-2. The molecule has 0 atom stereocenters. The summed E-state index contributed by atoms with van der Waals surface area (Å²) in [7, 11) is 0. The zero-order valence-electron chi connectivity index (χ0n) is 15.1. The van der Waals surface area contributed by atoms with Gasteiger partial charge in [-0.05, 0) is 0 Å². The summed E-state index contributed by atoms with van der Waals surface area (Å²) in [4.78, 5) is 0. The molecule has 0 bridgehead atoms. The molecular weight excluding hydrogens is 454 g/mol. The Morgan fingerprint density at radius 2 is 0.885 bits per heavy atom. The molecule has 0 unspecified atom stereocenters. The molecule has 0 aromatic carbocycles. The second kappa shape index (κ2) is 17.5. The molecule has 0 heterocycles.